The Morgan fingerprint density at radius 2 is 1.44 bits per heavy atom. The lowest BCUT2D eigenvalue weighted by Crippen LogP contribution is -2.45. The fourth-order valence-electron chi connectivity index (χ4n) is 3.06. The number of nitrogens with one attached hydrogen (secondary N) is 3. The lowest BCUT2D eigenvalue weighted by Gasteiger charge is -2.24. The molecular weight excluding hydrogens is 344 g/mol. The van der Waals surface area contributed by atoms with Gasteiger partial charge in [-0.15, -0.1) is 0 Å². The molecule has 0 aliphatic carbocycles. The molecule has 1 fully saturated rings. The summed E-state index contributed by atoms with van der Waals surface area (Å²) in [6, 6.07) is 15.2. The van der Waals surface area contributed by atoms with Gasteiger partial charge in [0.05, 0.1) is 0 Å². The van der Waals surface area contributed by atoms with Crippen molar-refractivity contribution in [3.63, 3.8) is 0 Å². The Hall–Kier alpha value is -3.35. The van der Waals surface area contributed by atoms with E-state index in [1.54, 1.807) is 41.3 Å². The van der Waals surface area contributed by atoms with Crippen molar-refractivity contribution in [3.05, 3.63) is 54.6 Å². The number of likely N-dealkylation sites (tertiary alicyclic amines) is 1. The Morgan fingerprint density at radius 1 is 0.852 bits per heavy atom. The zero-order valence-electron chi connectivity index (χ0n) is 15.1. The lowest BCUT2D eigenvalue weighted by molar-refractivity contribution is -0.119. The van der Waals surface area contributed by atoms with Gasteiger partial charge in [-0.2, -0.15) is 0 Å². The second kappa shape index (κ2) is 8.35. The minimum absolute atomic E-state index is 0.155. The highest BCUT2D eigenvalue weighted by Crippen LogP contribution is 2.21. The van der Waals surface area contributed by atoms with E-state index in [9.17, 15) is 14.4 Å². The van der Waals surface area contributed by atoms with Crippen molar-refractivity contribution in [3.8, 4) is 0 Å². The number of rotatable bonds is 4. The van der Waals surface area contributed by atoms with E-state index in [-0.39, 0.29) is 17.8 Å². The standard InChI is InChI=1S/C20H22N4O3/c1-14(25)21-16-9-11-17(12-10-16)22-19(26)18-8-5-13-24(18)20(27)23-15-6-3-2-4-7-15/h2-4,6-7,9-12,18H,5,8,13H2,1H3,(H,21,25)(H,22,26)(H,23,27)/t18-/m0/s1. The molecule has 0 radical (unpaired) electrons. The summed E-state index contributed by atoms with van der Waals surface area (Å²) in [4.78, 5) is 37.8. The molecule has 7 nitrogen and oxygen atoms in total. The SMILES string of the molecule is CC(=O)Nc1ccc(NC(=O)[C@@H]2CCCN2C(=O)Nc2ccccc2)cc1. The molecule has 0 spiro atoms. The average Bonchev–Trinajstić information content (AvgIpc) is 3.14. The highest BCUT2D eigenvalue weighted by Gasteiger charge is 2.34. The molecule has 1 heterocycles. The lowest BCUT2D eigenvalue weighted by atomic mass is 10.2. The van der Waals surface area contributed by atoms with Crippen LogP contribution in [0.1, 0.15) is 19.8 Å². The van der Waals surface area contributed by atoms with Crippen molar-refractivity contribution in [2.45, 2.75) is 25.8 Å². The molecule has 1 aliphatic heterocycles. The molecule has 140 valence electrons. The highest BCUT2D eigenvalue weighted by molar-refractivity contribution is 5.99. The van der Waals surface area contributed by atoms with Crippen molar-refractivity contribution in [1.82, 2.24) is 4.90 Å². The molecule has 0 unspecified atom stereocenters. The van der Waals surface area contributed by atoms with Gasteiger partial charge in [-0.1, -0.05) is 18.2 Å². The third-order valence-corrected chi connectivity index (χ3v) is 4.31. The van der Waals surface area contributed by atoms with E-state index in [1.165, 1.54) is 6.92 Å². The normalized spacial score (nSPS) is 15.9. The minimum Gasteiger partial charge on any atom is -0.326 e. The van der Waals surface area contributed by atoms with Gasteiger partial charge in [0.1, 0.15) is 6.04 Å². The molecule has 1 saturated heterocycles. The first-order valence-corrected chi connectivity index (χ1v) is 8.84. The monoisotopic (exact) mass is 366 g/mol. The fourth-order valence-corrected chi connectivity index (χ4v) is 3.06. The van der Waals surface area contributed by atoms with Gasteiger partial charge in [0.15, 0.2) is 0 Å². The van der Waals surface area contributed by atoms with Gasteiger partial charge < -0.3 is 20.9 Å². The molecule has 1 aliphatic rings. The van der Waals surface area contributed by atoms with Crippen LogP contribution in [-0.4, -0.2) is 35.3 Å². The zero-order chi connectivity index (χ0) is 19.2. The molecule has 1 atom stereocenters. The number of hydrogen-bond donors (Lipinski definition) is 3. The van der Waals surface area contributed by atoms with Crippen molar-refractivity contribution < 1.29 is 14.4 Å². The molecule has 3 N–H and O–H groups in total. The molecule has 3 rings (SSSR count). The van der Waals surface area contributed by atoms with E-state index < -0.39 is 6.04 Å². The van der Waals surface area contributed by atoms with Crippen molar-refractivity contribution in [1.29, 1.82) is 0 Å². The number of carbonyl (C=O) groups excluding carboxylic acids is 3. The Bertz CT molecular complexity index is 821. The second-order valence-corrected chi connectivity index (χ2v) is 6.40. The van der Waals surface area contributed by atoms with E-state index in [0.29, 0.717) is 30.0 Å². The first-order valence-electron chi connectivity index (χ1n) is 8.84. The van der Waals surface area contributed by atoms with Crippen LogP contribution in [0.2, 0.25) is 0 Å². The molecular formula is C20H22N4O3. The van der Waals surface area contributed by atoms with Crippen LogP contribution in [0.5, 0.6) is 0 Å². The van der Waals surface area contributed by atoms with Crippen LogP contribution >= 0.6 is 0 Å². The van der Waals surface area contributed by atoms with Gasteiger partial charge in [-0.3, -0.25) is 9.59 Å². The number of amides is 4. The molecule has 0 saturated carbocycles. The number of carbonyl (C=O) groups is 3. The predicted octanol–water partition coefficient (Wildman–Crippen LogP) is 3.28. The molecule has 4 amide bonds. The van der Waals surface area contributed by atoms with Gasteiger partial charge in [0, 0.05) is 30.5 Å². The van der Waals surface area contributed by atoms with Gasteiger partial charge in [0.25, 0.3) is 0 Å². The first kappa shape index (κ1) is 18.4. The van der Waals surface area contributed by atoms with E-state index >= 15 is 0 Å². The van der Waals surface area contributed by atoms with Crippen LogP contribution in [0.4, 0.5) is 21.9 Å². The van der Waals surface area contributed by atoms with E-state index in [2.05, 4.69) is 16.0 Å². The van der Waals surface area contributed by atoms with Gasteiger partial charge in [-0.05, 0) is 49.2 Å². The maximum atomic E-state index is 12.6. The number of anilines is 3. The van der Waals surface area contributed by atoms with Crippen LogP contribution in [-0.2, 0) is 9.59 Å². The summed E-state index contributed by atoms with van der Waals surface area (Å²) in [5, 5.41) is 8.34. The van der Waals surface area contributed by atoms with Gasteiger partial charge >= 0.3 is 6.03 Å². The van der Waals surface area contributed by atoms with Crippen molar-refractivity contribution in [2.24, 2.45) is 0 Å². The third kappa shape index (κ3) is 4.84. The summed E-state index contributed by atoms with van der Waals surface area (Å²) in [6.45, 7) is 1.98. The summed E-state index contributed by atoms with van der Waals surface area (Å²) in [6.07, 6.45) is 1.40. The number of nitrogens with zero attached hydrogens (tertiary/aromatic N) is 1. The number of hydrogen-bond acceptors (Lipinski definition) is 3. The summed E-state index contributed by atoms with van der Waals surface area (Å²) in [5.74, 6) is -0.374. The van der Waals surface area contributed by atoms with E-state index in [0.717, 1.165) is 6.42 Å². The second-order valence-electron chi connectivity index (χ2n) is 6.40. The maximum absolute atomic E-state index is 12.6. The molecule has 27 heavy (non-hydrogen) atoms. The Balaban J connectivity index is 1.61. The quantitative estimate of drug-likeness (QED) is 0.775. The molecule has 2 aromatic rings. The van der Waals surface area contributed by atoms with E-state index in [4.69, 9.17) is 0 Å². The molecule has 0 bridgehead atoms. The first-order chi connectivity index (χ1) is 13.0. The largest absolute Gasteiger partial charge is 0.326 e. The smallest absolute Gasteiger partial charge is 0.322 e. The van der Waals surface area contributed by atoms with Gasteiger partial charge in [-0.25, -0.2) is 4.79 Å². The number of para-hydroxylation sites is 1. The molecule has 7 heteroatoms. The van der Waals surface area contributed by atoms with Crippen LogP contribution in [0, 0.1) is 0 Å². The Kier molecular flexibility index (Phi) is 5.71. The topological polar surface area (TPSA) is 90.5 Å². The third-order valence-electron chi connectivity index (χ3n) is 4.31. The summed E-state index contributed by atoms with van der Waals surface area (Å²) in [7, 11) is 0. The number of urea groups is 1. The Morgan fingerprint density at radius 3 is 2.07 bits per heavy atom. The summed E-state index contributed by atoms with van der Waals surface area (Å²) >= 11 is 0. The summed E-state index contributed by atoms with van der Waals surface area (Å²) in [5.41, 5.74) is 1.97. The zero-order valence-corrected chi connectivity index (χ0v) is 15.1. The Labute approximate surface area is 157 Å². The molecule has 2 aromatic carbocycles. The predicted molar refractivity (Wildman–Crippen MR) is 105 cm³/mol. The number of benzene rings is 2. The summed E-state index contributed by atoms with van der Waals surface area (Å²) < 4.78 is 0. The van der Waals surface area contributed by atoms with Crippen LogP contribution in [0.3, 0.4) is 0 Å². The highest BCUT2D eigenvalue weighted by atomic mass is 16.2. The van der Waals surface area contributed by atoms with Crippen LogP contribution in [0.25, 0.3) is 0 Å². The van der Waals surface area contributed by atoms with Crippen LogP contribution < -0.4 is 16.0 Å². The van der Waals surface area contributed by atoms with Crippen molar-refractivity contribution >= 4 is 34.9 Å². The van der Waals surface area contributed by atoms with E-state index in [1.807, 2.05) is 18.2 Å². The molecule has 0 aromatic heterocycles. The minimum atomic E-state index is -0.510. The van der Waals surface area contributed by atoms with Crippen molar-refractivity contribution in [2.75, 3.05) is 22.5 Å². The average molecular weight is 366 g/mol. The van der Waals surface area contributed by atoms with Gasteiger partial charge in [0.2, 0.25) is 11.8 Å². The van der Waals surface area contributed by atoms with Crippen LogP contribution in [0.15, 0.2) is 54.6 Å². The maximum Gasteiger partial charge on any atom is 0.322 e. The fraction of sp³-hybridized carbons (Fsp3) is 0.250.